The average Bonchev–Trinajstić information content (AvgIpc) is 3.18. The smallest absolute Gasteiger partial charge is 0.261 e. The number of halogens is 1. The molecule has 0 aliphatic rings. The van der Waals surface area contributed by atoms with Crippen LogP contribution in [0.3, 0.4) is 0 Å². The van der Waals surface area contributed by atoms with Crippen LogP contribution in [0.25, 0.3) is 16.9 Å². The maximum absolute atomic E-state index is 13.1. The summed E-state index contributed by atoms with van der Waals surface area (Å²) < 4.78 is 30.3. The lowest BCUT2D eigenvalue weighted by atomic mass is 10.1. The Hall–Kier alpha value is -3.01. The quantitative estimate of drug-likeness (QED) is 0.473. The molecule has 2 aromatic heterocycles. The Morgan fingerprint density at radius 1 is 1.10 bits per heavy atom. The summed E-state index contributed by atoms with van der Waals surface area (Å²) in [6, 6.07) is 15.4. The van der Waals surface area contributed by atoms with Crippen LogP contribution in [-0.4, -0.2) is 47.4 Å². The zero-order valence-corrected chi connectivity index (χ0v) is 18.8. The van der Waals surface area contributed by atoms with Gasteiger partial charge in [-0.15, -0.1) is 5.10 Å². The summed E-state index contributed by atoms with van der Waals surface area (Å²) in [5, 5.41) is 8.60. The first kappa shape index (κ1) is 21.2. The van der Waals surface area contributed by atoms with Crippen LogP contribution in [0, 0.1) is 0 Å². The number of aromatic nitrogens is 4. The molecule has 2 heterocycles. The Kier molecular flexibility index (Phi) is 5.65. The van der Waals surface area contributed by atoms with Crippen LogP contribution in [0.4, 0.5) is 5.69 Å². The zero-order valence-electron chi connectivity index (χ0n) is 17.2. The first-order valence-electron chi connectivity index (χ1n) is 9.52. The van der Waals surface area contributed by atoms with Crippen molar-refractivity contribution in [2.75, 3.05) is 18.8 Å². The number of pyridine rings is 1. The standard InChI is InChI=1S/C21H21ClN6O2S/c1-14(27(2)3)15-6-9-17(10-7-15)31(29,30)25-18-11-8-16(22)13-20(18)28-19-5-4-12-23-21(19)24-26-28/h4-14,25H,1-3H3. The number of anilines is 1. The van der Waals surface area contributed by atoms with Gasteiger partial charge >= 0.3 is 0 Å². The van der Waals surface area contributed by atoms with E-state index in [1.54, 1.807) is 48.7 Å². The molecule has 0 amide bonds. The molecule has 0 saturated carbocycles. The van der Waals surface area contributed by atoms with Crippen LogP contribution in [0.2, 0.25) is 5.02 Å². The van der Waals surface area contributed by atoms with E-state index in [1.165, 1.54) is 4.68 Å². The number of nitrogens with one attached hydrogen (secondary N) is 1. The molecule has 31 heavy (non-hydrogen) atoms. The molecule has 1 unspecified atom stereocenters. The Bertz CT molecular complexity index is 1340. The molecule has 0 saturated heterocycles. The summed E-state index contributed by atoms with van der Waals surface area (Å²) >= 11 is 6.19. The SMILES string of the molecule is CC(c1ccc(S(=O)(=O)Nc2ccc(Cl)cc2-n2nnc3ncccc32)cc1)N(C)C. The topological polar surface area (TPSA) is 93.0 Å². The van der Waals surface area contributed by atoms with Crippen molar-refractivity contribution in [3.05, 3.63) is 71.4 Å². The minimum atomic E-state index is -3.84. The molecule has 0 aliphatic carbocycles. The molecule has 8 nitrogen and oxygen atoms in total. The van der Waals surface area contributed by atoms with Gasteiger partial charge in [-0.25, -0.2) is 18.1 Å². The van der Waals surface area contributed by atoms with Gasteiger partial charge in [0.1, 0.15) is 5.52 Å². The van der Waals surface area contributed by atoms with E-state index in [9.17, 15) is 8.42 Å². The number of fused-ring (bicyclic) bond motifs is 1. The second-order valence-electron chi connectivity index (χ2n) is 7.32. The van der Waals surface area contributed by atoms with Gasteiger partial charge in [0, 0.05) is 17.3 Å². The van der Waals surface area contributed by atoms with Crippen molar-refractivity contribution in [3.8, 4) is 5.69 Å². The molecule has 1 atom stereocenters. The van der Waals surface area contributed by atoms with Crippen molar-refractivity contribution in [3.63, 3.8) is 0 Å². The largest absolute Gasteiger partial charge is 0.303 e. The fourth-order valence-electron chi connectivity index (χ4n) is 3.14. The molecule has 2 aromatic carbocycles. The van der Waals surface area contributed by atoms with E-state index in [2.05, 4.69) is 31.8 Å². The van der Waals surface area contributed by atoms with Gasteiger partial charge in [-0.1, -0.05) is 28.9 Å². The molecular formula is C21H21ClN6O2S. The third-order valence-corrected chi connectivity index (χ3v) is 6.72. The van der Waals surface area contributed by atoms with Crippen LogP contribution in [-0.2, 0) is 10.0 Å². The molecule has 4 aromatic rings. The minimum absolute atomic E-state index is 0.160. The van der Waals surface area contributed by atoms with Crippen LogP contribution in [0.5, 0.6) is 0 Å². The molecule has 0 fully saturated rings. The number of hydrogen-bond acceptors (Lipinski definition) is 6. The van der Waals surface area contributed by atoms with Crippen LogP contribution < -0.4 is 4.72 Å². The monoisotopic (exact) mass is 456 g/mol. The number of hydrogen-bond donors (Lipinski definition) is 1. The fraction of sp³-hybridized carbons (Fsp3) is 0.190. The van der Waals surface area contributed by atoms with Gasteiger partial charge in [0.15, 0.2) is 0 Å². The second kappa shape index (κ2) is 8.26. The molecule has 0 radical (unpaired) electrons. The minimum Gasteiger partial charge on any atom is -0.303 e. The van der Waals surface area contributed by atoms with Crippen molar-refractivity contribution >= 4 is 38.5 Å². The molecule has 0 aliphatic heterocycles. The lowest BCUT2D eigenvalue weighted by Crippen LogP contribution is -2.17. The van der Waals surface area contributed by atoms with Crippen molar-refractivity contribution < 1.29 is 8.42 Å². The van der Waals surface area contributed by atoms with Gasteiger partial charge in [0.2, 0.25) is 5.65 Å². The Labute approximate surface area is 185 Å². The van der Waals surface area contributed by atoms with E-state index in [4.69, 9.17) is 11.6 Å². The number of sulfonamides is 1. The third kappa shape index (κ3) is 4.25. The van der Waals surface area contributed by atoms with E-state index >= 15 is 0 Å². The molecule has 1 N–H and O–H groups in total. The summed E-state index contributed by atoms with van der Waals surface area (Å²) in [6.07, 6.45) is 1.61. The number of benzene rings is 2. The summed E-state index contributed by atoms with van der Waals surface area (Å²) in [4.78, 5) is 6.38. The highest BCUT2D eigenvalue weighted by atomic mass is 35.5. The maximum atomic E-state index is 13.1. The van der Waals surface area contributed by atoms with Gasteiger partial charge in [-0.05, 0) is 69.0 Å². The summed E-state index contributed by atoms with van der Waals surface area (Å²) in [7, 11) is 0.109. The third-order valence-electron chi connectivity index (χ3n) is 5.10. The Balaban J connectivity index is 1.71. The average molecular weight is 457 g/mol. The predicted molar refractivity (Wildman–Crippen MR) is 121 cm³/mol. The van der Waals surface area contributed by atoms with Crippen molar-refractivity contribution in [2.24, 2.45) is 0 Å². The Morgan fingerprint density at radius 2 is 1.84 bits per heavy atom. The fourth-order valence-corrected chi connectivity index (χ4v) is 4.38. The first-order valence-corrected chi connectivity index (χ1v) is 11.4. The molecule has 0 bridgehead atoms. The lowest BCUT2D eigenvalue weighted by molar-refractivity contribution is 0.321. The van der Waals surface area contributed by atoms with E-state index in [0.717, 1.165) is 5.56 Å². The van der Waals surface area contributed by atoms with Gasteiger partial charge < -0.3 is 4.90 Å². The highest BCUT2D eigenvalue weighted by Gasteiger charge is 2.19. The Morgan fingerprint density at radius 3 is 2.55 bits per heavy atom. The van der Waals surface area contributed by atoms with E-state index in [-0.39, 0.29) is 10.9 Å². The van der Waals surface area contributed by atoms with Crippen molar-refractivity contribution in [1.82, 2.24) is 24.9 Å². The van der Waals surface area contributed by atoms with Crippen LogP contribution >= 0.6 is 11.6 Å². The molecule has 4 rings (SSSR count). The van der Waals surface area contributed by atoms with E-state index < -0.39 is 10.0 Å². The first-order chi connectivity index (χ1) is 14.8. The molecule has 160 valence electrons. The summed E-state index contributed by atoms with van der Waals surface area (Å²) in [5.74, 6) is 0. The van der Waals surface area contributed by atoms with Gasteiger partial charge in [0.05, 0.1) is 16.3 Å². The van der Waals surface area contributed by atoms with E-state index in [1.807, 2.05) is 26.2 Å². The van der Waals surface area contributed by atoms with E-state index in [0.29, 0.717) is 27.6 Å². The zero-order chi connectivity index (χ0) is 22.2. The summed E-state index contributed by atoms with van der Waals surface area (Å²) in [5.41, 5.74) is 2.88. The normalized spacial score (nSPS) is 12.9. The van der Waals surface area contributed by atoms with Gasteiger partial charge in [0.25, 0.3) is 10.0 Å². The van der Waals surface area contributed by atoms with Crippen molar-refractivity contribution in [2.45, 2.75) is 17.9 Å². The lowest BCUT2D eigenvalue weighted by Gasteiger charge is -2.20. The second-order valence-corrected chi connectivity index (χ2v) is 9.44. The predicted octanol–water partition coefficient (Wildman–Crippen LogP) is 3.89. The molecule has 0 spiro atoms. The maximum Gasteiger partial charge on any atom is 0.261 e. The molecular weight excluding hydrogens is 436 g/mol. The highest BCUT2D eigenvalue weighted by Crippen LogP contribution is 2.29. The van der Waals surface area contributed by atoms with Crippen LogP contribution in [0.1, 0.15) is 18.5 Å². The highest BCUT2D eigenvalue weighted by molar-refractivity contribution is 7.92. The van der Waals surface area contributed by atoms with Crippen molar-refractivity contribution in [1.29, 1.82) is 0 Å². The van der Waals surface area contributed by atoms with Gasteiger partial charge in [-0.3, -0.25) is 4.72 Å². The molecule has 10 heteroatoms. The van der Waals surface area contributed by atoms with Gasteiger partial charge in [-0.2, -0.15) is 0 Å². The number of rotatable bonds is 6. The summed E-state index contributed by atoms with van der Waals surface area (Å²) in [6.45, 7) is 2.05. The number of nitrogens with zero attached hydrogens (tertiary/aromatic N) is 5. The van der Waals surface area contributed by atoms with Crippen LogP contribution in [0.15, 0.2) is 65.7 Å².